The Morgan fingerprint density at radius 1 is 1.50 bits per heavy atom. The highest BCUT2D eigenvalue weighted by molar-refractivity contribution is 7.16. The molecule has 0 aromatic carbocycles. The number of piperidine rings is 1. The summed E-state index contributed by atoms with van der Waals surface area (Å²) in [5.74, 6) is 0. The van der Waals surface area contributed by atoms with Crippen LogP contribution in [-0.2, 0) is 23.8 Å². The van der Waals surface area contributed by atoms with Crippen LogP contribution in [0, 0.1) is 0 Å². The van der Waals surface area contributed by atoms with Crippen molar-refractivity contribution in [3.63, 3.8) is 0 Å². The molecule has 0 aliphatic carbocycles. The number of aromatic nitrogens is 3. The third-order valence-corrected chi connectivity index (χ3v) is 6.07. The summed E-state index contributed by atoms with van der Waals surface area (Å²) in [5.41, 5.74) is 2.10. The van der Waals surface area contributed by atoms with Gasteiger partial charge in [-0.25, -0.2) is 0 Å². The first-order valence-corrected chi connectivity index (χ1v) is 8.80. The summed E-state index contributed by atoms with van der Waals surface area (Å²) in [7, 11) is 1.90. The van der Waals surface area contributed by atoms with E-state index in [-0.39, 0.29) is 11.6 Å². The second kappa shape index (κ2) is 5.30. The van der Waals surface area contributed by atoms with Crippen molar-refractivity contribution < 1.29 is 4.74 Å². The molecule has 118 valence electrons. The molecule has 1 saturated heterocycles. The predicted octanol–water partition coefficient (Wildman–Crippen LogP) is 2.81. The molecule has 1 spiro atoms. The number of hydrogen-bond acceptors (Lipinski definition) is 5. The number of nitrogens with one attached hydrogen (secondary N) is 1. The Kier molecular flexibility index (Phi) is 3.52. The molecule has 2 aliphatic heterocycles. The Labute approximate surface area is 138 Å². The van der Waals surface area contributed by atoms with Gasteiger partial charge >= 0.3 is 0 Å². The maximum absolute atomic E-state index is 6.33. The number of halogens is 1. The normalized spacial score (nSPS) is 31.4. The topological polar surface area (TPSA) is 52.0 Å². The minimum absolute atomic E-state index is 0.157. The first-order valence-electron chi connectivity index (χ1n) is 7.61. The van der Waals surface area contributed by atoms with Crippen molar-refractivity contribution >= 4 is 22.9 Å². The Morgan fingerprint density at radius 2 is 2.36 bits per heavy atom. The molecule has 22 heavy (non-hydrogen) atoms. The first kappa shape index (κ1) is 14.6. The summed E-state index contributed by atoms with van der Waals surface area (Å²) in [6, 6.07) is 2.62. The van der Waals surface area contributed by atoms with Crippen LogP contribution < -0.4 is 5.32 Å². The fourth-order valence-electron chi connectivity index (χ4n) is 3.78. The molecular formula is C15H19ClN4OS. The van der Waals surface area contributed by atoms with Gasteiger partial charge in [-0.1, -0.05) is 16.8 Å². The highest BCUT2D eigenvalue weighted by Gasteiger charge is 2.46. The predicted molar refractivity (Wildman–Crippen MR) is 86.2 cm³/mol. The van der Waals surface area contributed by atoms with Crippen LogP contribution in [0.4, 0.5) is 0 Å². The average Bonchev–Trinajstić information content (AvgIpc) is 3.04. The number of ether oxygens (including phenoxy) is 1. The van der Waals surface area contributed by atoms with Crippen LogP contribution in [0.2, 0.25) is 4.34 Å². The van der Waals surface area contributed by atoms with Crippen molar-refractivity contribution in [3.05, 3.63) is 32.7 Å². The van der Waals surface area contributed by atoms with E-state index in [4.69, 9.17) is 16.3 Å². The highest BCUT2D eigenvalue weighted by Crippen LogP contribution is 2.49. The summed E-state index contributed by atoms with van der Waals surface area (Å²) in [4.78, 5) is 1.31. The number of fused-ring (bicyclic) bond motifs is 2. The Morgan fingerprint density at radius 3 is 3.14 bits per heavy atom. The van der Waals surface area contributed by atoms with E-state index in [1.54, 1.807) is 16.0 Å². The molecule has 1 fully saturated rings. The number of rotatable bonds is 1. The van der Waals surface area contributed by atoms with Crippen LogP contribution in [0.15, 0.2) is 12.3 Å². The van der Waals surface area contributed by atoms with E-state index in [2.05, 4.69) is 28.6 Å². The van der Waals surface area contributed by atoms with Crippen molar-refractivity contribution in [1.82, 2.24) is 20.3 Å². The van der Waals surface area contributed by atoms with Gasteiger partial charge in [0.1, 0.15) is 5.60 Å². The van der Waals surface area contributed by atoms with Gasteiger partial charge in [0, 0.05) is 30.6 Å². The lowest BCUT2D eigenvalue weighted by atomic mass is 9.79. The molecule has 7 heteroatoms. The zero-order valence-electron chi connectivity index (χ0n) is 12.7. The summed E-state index contributed by atoms with van der Waals surface area (Å²) in [5, 5.41) is 12.0. The number of hydrogen-bond donors (Lipinski definition) is 1. The van der Waals surface area contributed by atoms with Gasteiger partial charge < -0.3 is 10.1 Å². The van der Waals surface area contributed by atoms with E-state index >= 15 is 0 Å². The molecule has 1 N–H and O–H groups in total. The molecule has 0 unspecified atom stereocenters. The minimum Gasteiger partial charge on any atom is -0.369 e. The first-order chi connectivity index (χ1) is 10.6. The van der Waals surface area contributed by atoms with E-state index in [9.17, 15) is 0 Å². The maximum Gasteiger partial charge on any atom is 0.106 e. The van der Waals surface area contributed by atoms with Crippen molar-refractivity contribution in [2.75, 3.05) is 6.61 Å². The van der Waals surface area contributed by atoms with Crippen molar-refractivity contribution in [2.45, 2.75) is 43.9 Å². The Balaban J connectivity index is 1.72. The smallest absolute Gasteiger partial charge is 0.106 e. The van der Waals surface area contributed by atoms with Crippen molar-refractivity contribution in [3.8, 4) is 0 Å². The fourth-order valence-corrected chi connectivity index (χ4v) is 5.24. The lowest BCUT2D eigenvalue weighted by Gasteiger charge is -2.45. The molecule has 4 rings (SSSR count). The zero-order valence-corrected chi connectivity index (χ0v) is 14.2. The molecule has 2 aliphatic rings. The standard InChI is InChI=1S/C15H19ClN4OS/c1-9-6-15(7-11(17-9)12-8-20(2)19-18-12)14-10(3-4-21-15)5-13(16)22-14/h5,8-9,11,17H,3-4,6-7H2,1-2H3/t9-,11-,15-/m0/s1. The van der Waals surface area contributed by atoms with E-state index in [0.29, 0.717) is 6.04 Å². The van der Waals surface area contributed by atoms with Gasteiger partial charge in [-0.2, -0.15) is 0 Å². The van der Waals surface area contributed by atoms with Gasteiger partial charge in [-0.3, -0.25) is 4.68 Å². The molecule has 0 saturated carbocycles. The molecule has 0 bridgehead atoms. The average molecular weight is 339 g/mol. The van der Waals surface area contributed by atoms with E-state index in [0.717, 1.165) is 35.9 Å². The molecule has 5 nitrogen and oxygen atoms in total. The third-order valence-electron chi connectivity index (χ3n) is 4.58. The monoisotopic (exact) mass is 338 g/mol. The van der Waals surface area contributed by atoms with E-state index < -0.39 is 0 Å². The molecule has 4 heterocycles. The lowest BCUT2D eigenvalue weighted by molar-refractivity contribution is -0.0957. The van der Waals surface area contributed by atoms with Crippen LogP contribution in [0.5, 0.6) is 0 Å². The number of nitrogens with zero attached hydrogens (tertiary/aromatic N) is 3. The third kappa shape index (κ3) is 2.38. The van der Waals surface area contributed by atoms with Crippen LogP contribution >= 0.6 is 22.9 Å². The summed E-state index contributed by atoms with van der Waals surface area (Å²) in [6.07, 6.45) is 4.78. The molecule has 2 aromatic rings. The molecular weight excluding hydrogens is 320 g/mol. The van der Waals surface area contributed by atoms with Gasteiger partial charge in [0.15, 0.2) is 0 Å². The minimum atomic E-state index is -0.238. The summed E-state index contributed by atoms with van der Waals surface area (Å²) < 4.78 is 8.94. The van der Waals surface area contributed by atoms with E-state index in [1.165, 1.54) is 10.4 Å². The Hall–Kier alpha value is -0.950. The Bertz CT molecular complexity index is 700. The van der Waals surface area contributed by atoms with Gasteiger partial charge in [0.25, 0.3) is 0 Å². The van der Waals surface area contributed by atoms with Crippen LogP contribution in [0.1, 0.15) is 41.9 Å². The molecule has 3 atom stereocenters. The van der Waals surface area contributed by atoms with Crippen molar-refractivity contribution in [1.29, 1.82) is 0 Å². The zero-order chi connectivity index (χ0) is 15.3. The molecule has 0 amide bonds. The second-order valence-electron chi connectivity index (χ2n) is 6.34. The maximum atomic E-state index is 6.33. The van der Waals surface area contributed by atoms with E-state index in [1.807, 2.05) is 13.2 Å². The fraction of sp³-hybridized carbons (Fsp3) is 0.600. The lowest BCUT2D eigenvalue weighted by Crippen LogP contribution is -2.49. The quantitative estimate of drug-likeness (QED) is 0.868. The van der Waals surface area contributed by atoms with Gasteiger partial charge in [-0.15, -0.1) is 16.4 Å². The second-order valence-corrected chi connectivity index (χ2v) is 8.03. The van der Waals surface area contributed by atoms with Gasteiger partial charge in [0.2, 0.25) is 0 Å². The van der Waals surface area contributed by atoms with Crippen LogP contribution in [0.3, 0.4) is 0 Å². The van der Waals surface area contributed by atoms with Crippen molar-refractivity contribution in [2.24, 2.45) is 7.05 Å². The van der Waals surface area contributed by atoms with Crippen LogP contribution in [0.25, 0.3) is 0 Å². The molecule has 0 radical (unpaired) electrons. The summed E-state index contributed by atoms with van der Waals surface area (Å²) in [6.45, 7) is 2.97. The van der Waals surface area contributed by atoms with Gasteiger partial charge in [0.05, 0.1) is 22.7 Å². The number of aryl methyl sites for hydroxylation is 1. The highest BCUT2D eigenvalue weighted by atomic mass is 35.5. The van der Waals surface area contributed by atoms with Gasteiger partial charge in [-0.05, 0) is 31.4 Å². The molecule has 2 aromatic heterocycles. The summed E-state index contributed by atoms with van der Waals surface area (Å²) >= 11 is 7.94. The van der Waals surface area contributed by atoms with Crippen LogP contribution in [-0.4, -0.2) is 27.6 Å². The number of thiophene rings is 1. The largest absolute Gasteiger partial charge is 0.369 e. The SMILES string of the molecule is C[C@H]1C[C@@]2(C[C@@H](c3cn(C)nn3)N1)OCCc1cc(Cl)sc12.